The van der Waals surface area contributed by atoms with E-state index in [4.69, 9.17) is 14.2 Å². The normalized spacial score (nSPS) is 26.7. The fourth-order valence-electron chi connectivity index (χ4n) is 4.82. The van der Waals surface area contributed by atoms with Crippen molar-refractivity contribution in [2.24, 2.45) is 11.8 Å². The molecule has 0 N–H and O–H groups in total. The van der Waals surface area contributed by atoms with Gasteiger partial charge in [0.05, 0.1) is 25.3 Å². The quantitative estimate of drug-likeness (QED) is 0.534. The standard InChI is InChI=1S/C23H28N2O4/c1-4-15-14-25-11-9-16(15)12-21(25)22(29-23(26)28-5-2)18-8-10-24-20-7-6-17(27-3)13-19(18)20/h4,6-8,10,13,15-16,21-22H,1,5,9,11-12,14H2,2-3H3/t15-,16-,21+,22+/m0/s1. The van der Waals surface area contributed by atoms with Gasteiger partial charge in [0, 0.05) is 23.7 Å². The number of hydrogen-bond acceptors (Lipinski definition) is 6. The third-order valence-corrected chi connectivity index (χ3v) is 6.28. The van der Waals surface area contributed by atoms with E-state index < -0.39 is 12.3 Å². The first-order valence-corrected chi connectivity index (χ1v) is 10.3. The third-order valence-electron chi connectivity index (χ3n) is 6.28. The van der Waals surface area contributed by atoms with Gasteiger partial charge in [-0.05, 0) is 62.4 Å². The van der Waals surface area contributed by atoms with E-state index in [1.165, 1.54) is 0 Å². The van der Waals surface area contributed by atoms with E-state index in [0.29, 0.717) is 11.8 Å². The molecule has 29 heavy (non-hydrogen) atoms. The topological polar surface area (TPSA) is 60.9 Å². The van der Waals surface area contributed by atoms with Crippen LogP contribution in [0.3, 0.4) is 0 Å². The van der Waals surface area contributed by atoms with Crippen molar-refractivity contribution in [1.29, 1.82) is 0 Å². The summed E-state index contributed by atoms with van der Waals surface area (Å²) in [6, 6.07) is 7.83. The Hall–Kier alpha value is -2.60. The summed E-state index contributed by atoms with van der Waals surface area (Å²) in [5.74, 6) is 1.81. The molecule has 6 heteroatoms. The van der Waals surface area contributed by atoms with Crippen molar-refractivity contribution in [3.05, 3.63) is 48.7 Å². The molecule has 2 bridgehead atoms. The summed E-state index contributed by atoms with van der Waals surface area (Å²) in [6.45, 7) is 8.04. The van der Waals surface area contributed by atoms with Gasteiger partial charge in [0.1, 0.15) is 11.9 Å². The number of piperidine rings is 3. The van der Waals surface area contributed by atoms with Crippen LogP contribution in [0.25, 0.3) is 10.9 Å². The van der Waals surface area contributed by atoms with Gasteiger partial charge in [-0.1, -0.05) is 6.08 Å². The maximum atomic E-state index is 12.3. The van der Waals surface area contributed by atoms with Gasteiger partial charge in [0.15, 0.2) is 0 Å². The van der Waals surface area contributed by atoms with Crippen LogP contribution in [0.5, 0.6) is 5.75 Å². The number of methoxy groups -OCH3 is 1. The van der Waals surface area contributed by atoms with Crippen molar-refractivity contribution in [3.8, 4) is 5.75 Å². The highest BCUT2D eigenvalue weighted by atomic mass is 16.7. The predicted molar refractivity (Wildman–Crippen MR) is 111 cm³/mol. The molecule has 3 saturated heterocycles. The molecule has 3 fully saturated rings. The van der Waals surface area contributed by atoms with Gasteiger partial charge in [-0.3, -0.25) is 9.88 Å². The molecule has 2 aromatic rings. The van der Waals surface area contributed by atoms with Gasteiger partial charge in [-0.25, -0.2) is 4.79 Å². The Morgan fingerprint density at radius 3 is 2.97 bits per heavy atom. The SMILES string of the molecule is C=C[C@H]1CN2CC[C@H]1C[C@@H]2[C@H](OC(=O)OCC)c1ccnc2ccc(OC)cc12. The highest BCUT2D eigenvalue weighted by Crippen LogP contribution is 2.43. The number of pyridine rings is 1. The molecule has 3 aliphatic heterocycles. The van der Waals surface area contributed by atoms with E-state index >= 15 is 0 Å². The van der Waals surface area contributed by atoms with E-state index in [0.717, 1.165) is 48.1 Å². The van der Waals surface area contributed by atoms with E-state index in [1.807, 2.05) is 24.3 Å². The lowest BCUT2D eigenvalue weighted by atomic mass is 9.73. The first-order valence-electron chi connectivity index (χ1n) is 10.3. The van der Waals surface area contributed by atoms with Crippen LogP contribution >= 0.6 is 0 Å². The first kappa shape index (κ1) is 19.7. The Morgan fingerprint density at radius 1 is 1.41 bits per heavy atom. The summed E-state index contributed by atoms with van der Waals surface area (Å²) < 4.78 is 16.5. The van der Waals surface area contributed by atoms with E-state index in [9.17, 15) is 4.79 Å². The molecule has 154 valence electrons. The molecule has 1 aromatic heterocycles. The van der Waals surface area contributed by atoms with Crippen molar-refractivity contribution in [1.82, 2.24) is 9.88 Å². The van der Waals surface area contributed by atoms with E-state index in [-0.39, 0.29) is 12.6 Å². The predicted octanol–water partition coefficient (Wildman–Crippen LogP) is 4.35. The van der Waals surface area contributed by atoms with Crippen molar-refractivity contribution in [2.75, 3.05) is 26.8 Å². The van der Waals surface area contributed by atoms with E-state index in [2.05, 4.69) is 22.5 Å². The Kier molecular flexibility index (Phi) is 5.72. The van der Waals surface area contributed by atoms with Gasteiger partial charge >= 0.3 is 6.16 Å². The van der Waals surface area contributed by atoms with Crippen molar-refractivity contribution in [2.45, 2.75) is 31.9 Å². The molecule has 5 rings (SSSR count). The zero-order chi connectivity index (χ0) is 20.4. The van der Waals surface area contributed by atoms with Crippen molar-refractivity contribution >= 4 is 17.1 Å². The summed E-state index contributed by atoms with van der Waals surface area (Å²) in [5, 5.41) is 0.934. The summed E-state index contributed by atoms with van der Waals surface area (Å²) in [4.78, 5) is 19.2. The van der Waals surface area contributed by atoms with Crippen LogP contribution in [0.4, 0.5) is 4.79 Å². The first-order chi connectivity index (χ1) is 14.1. The average molecular weight is 396 g/mol. The van der Waals surface area contributed by atoms with E-state index in [1.54, 1.807) is 20.2 Å². The molecule has 1 aromatic carbocycles. The second kappa shape index (κ2) is 8.41. The minimum atomic E-state index is -0.631. The van der Waals surface area contributed by atoms with Gasteiger partial charge in [0.25, 0.3) is 0 Å². The Labute approximate surface area is 171 Å². The fourth-order valence-corrected chi connectivity index (χ4v) is 4.82. The molecule has 0 spiro atoms. The monoisotopic (exact) mass is 396 g/mol. The summed E-state index contributed by atoms with van der Waals surface area (Å²) >= 11 is 0. The third kappa shape index (κ3) is 3.81. The molecule has 0 radical (unpaired) electrons. The molecule has 6 nitrogen and oxygen atoms in total. The number of hydrogen-bond donors (Lipinski definition) is 0. The number of aromatic nitrogens is 1. The number of carbonyl (C=O) groups excluding carboxylic acids is 1. The lowest BCUT2D eigenvalue weighted by Gasteiger charge is -2.51. The molecule has 5 atom stereocenters. The number of rotatable bonds is 6. The number of ether oxygens (including phenoxy) is 3. The fraction of sp³-hybridized carbons (Fsp3) is 0.478. The molecule has 0 amide bonds. The largest absolute Gasteiger partial charge is 0.508 e. The van der Waals surface area contributed by atoms with Crippen LogP contribution in [0.1, 0.15) is 31.4 Å². The summed E-state index contributed by atoms with van der Waals surface area (Å²) in [7, 11) is 1.64. The maximum absolute atomic E-state index is 12.3. The van der Waals surface area contributed by atoms with Gasteiger partial charge in [-0.15, -0.1) is 6.58 Å². The Balaban J connectivity index is 1.75. The van der Waals surface area contributed by atoms with Crippen LogP contribution in [0.2, 0.25) is 0 Å². The van der Waals surface area contributed by atoms with Crippen molar-refractivity contribution in [3.63, 3.8) is 0 Å². The van der Waals surface area contributed by atoms with Crippen LogP contribution in [0.15, 0.2) is 43.1 Å². The van der Waals surface area contributed by atoms with Crippen LogP contribution < -0.4 is 4.74 Å². The second-order valence-corrected chi connectivity index (χ2v) is 7.75. The molecule has 1 unspecified atom stereocenters. The number of fused-ring (bicyclic) bond motifs is 4. The number of benzene rings is 1. The summed E-state index contributed by atoms with van der Waals surface area (Å²) in [5.41, 5.74) is 1.79. The Morgan fingerprint density at radius 2 is 2.28 bits per heavy atom. The lowest BCUT2D eigenvalue weighted by Crippen LogP contribution is -2.55. The Bertz CT molecular complexity index is 900. The van der Waals surface area contributed by atoms with Crippen LogP contribution in [-0.2, 0) is 9.47 Å². The van der Waals surface area contributed by atoms with Crippen molar-refractivity contribution < 1.29 is 19.0 Å². The molecule has 0 saturated carbocycles. The zero-order valence-corrected chi connectivity index (χ0v) is 17.0. The van der Waals surface area contributed by atoms with Crippen LogP contribution in [-0.4, -0.2) is 48.9 Å². The highest BCUT2D eigenvalue weighted by molar-refractivity contribution is 5.84. The molecule has 3 aliphatic rings. The van der Waals surface area contributed by atoms with Gasteiger partial charge < -0.3 is 14.2 Å². The molecular formula is C23H28N2O4. The number of nitrogens with zero attached hydrogens (tertiary/aromatic N) is 2. The second-order valence-electron chi connectivity index (χ2n) is 7.75. The lowest BCUT2D eigenvalue weighted by molar-refractivity contribution is -0.0652. The average Bonchev–Trinajstić information content (AvgIpc) is 2.77. The smallest absolute Gasteiger partial charge is 0.497 e. The number of carbonyl (C=O) groups is 1. The minimum absolute atomic E-state index is 0.103. The zero-order valence-electron chi connectivity index (χ0n) is 17.0. The highest BCUT2D eigenvalue weighted by Gasteiger charge is 2.44. The minimum Gasteiger partial charge on any atom is -0.497 e. The molecular weight excluding hydrogens is 368 g/mol. The van der Waals surface area contributed by atoms with Gasteiger partial charge in [0.2, 0.25) is 0 Å². The summed E-state index contributed by atoms with van der Waals surface area (Å²) in [6.07, 6.45) is 4.91. The van der Waals surface area contributed by atoms with Gasteiger partial charge in [-0.2, -0.15) is 0 Å². The maximum Gasteiger partial charge on any atom is 0.508 e. The van der Waals surface area contributed by atoms with Crippen LogP contribution in [0, 0.1) is 11.8 Å². The molecule has 0 aliphatic carbocycles. The molecule has 4 heterocycles.